The first-order valence-electron chi connectivity index (χ1n) is 6.28. The molecule has 2 aromatic rings. The lowest BCUT2D eigenvalue weighted by Gasteiger charge is -2.08. The van der Waals surface area contributed by atoms with E-state index in [-0.39, 0.29) is 18.0 Å². The molecule has 1 aromatic heterocycles. The Bertz CT molecular complexity index is 728. The zero-order valence-corrected chi connectivity index (χ0v) is 13.7. The number of aliphatic hydroxyl groups excluding tert-OH is 1. The van der Waals surface area contributed by atoms with Crippen LogP contribution < -0.4 is 4.72 Å². The number of halogens is 1. The summed E-state index contributed by atoms with van der Waals surface area (Å²) >= 11 is 3.20. The van der Waals surface area contributed by atoms with Crippen LogP contribution in [0.3, 0.4) is 0 Å². The molecule has 0 aliphatic carbocycles. The van der Waals surface area contributed by atoms with E-state index >= 15 is 0 Å². The summed E-state index contributed by atoms with van der Waals surface area (Å²) in [6, 6.07) is 4.56. The van der Waals surface area contributed by atoms with E-state index in [4.69, 9.17) is 9.52 Å². The summed E-state index contributed by atoms with van der Waals surface area (Å²) in [4.78, 5) is 4.09. The molecule has 0 aliphatic heterocycles. The van der Waals surface area contributed by atoms with Crippen molar-refractivity contribution in [1.82, 2.24) is 9.71 Å². The van der Waals surface area contributed by atoms with Crippen LogP contribution in [0.2, 0.25) is 0 Å². The Balaban J connectivity index is 2.14. The summed E-state index contributed by atoms with van der Waals surface area (Å²) < 4.78 is 32.6. The summed E-state index contributed by atoms with van der Waals surface area (Å²) in [6.45, 7) is 1.76. The molecule has 0 saturated carbocycles. The van der Waals surface area contributed by atoms with E-state index in [1.165, 1.54) is 6.07 Å². The highest BCUT2D eigenvalue weighted by Gasteiger charge is 2.18. The van der Waals surface area contributed by atoms with Crippen LogP contribution >= 0.6 is 15.9 Å². The maximum Gasteiger partial charge on any atom is 0.242 e. The number of benzene rings is 1. The van der Waals surface area contributed by atoms with E-state index in [1.54, 1.807) is 18.3 Å². The molecule has 0 unspecified atom stereocenters. The minimum absolute atomic E-state index is 0.0173. The number of aromatic nitrogens is 1. The Labute approximate surface area is 131 Å². The molecule has 6 nitrogen and oxygen atoms in total. The topological polar surface area (TPSA) is 92.4 Å². The van der Waals surface area contributed by atoms with Crippen LogP contribution in [0.4, 0.5) is 0 Å². The first-order valence-corrected chi connectivity index (χ1v) is 8.56. The van der Waals surface area contributed by atoms with Crippen molar-refractivity contribution in [3.8, 4) is 0 Å². The van der Waals surface area contributed by atoms with E-state index in [0.29, 0.717) is 28.1 Å². The molecule has 21 heavy (non-hydrogen) atoms. The lowest BCUT2D eigenvalue weighted by atomic mass is 10.2. The van der Waals surface area contributed by atoms with Gasteiger partial charge in [-0.15, -0.1) is 0 Å². The second kappa shape index (κ2) is 6.69. The maximum absolute atomic E-state index is 12.2. The molecular formula is C13H15BrN2O4S. The first-order chi connectivity index (χ1) is 9.96. The number of aryl methyl sites for hydroxylation is 1. The molecule has 0 amide bonds. The number of nitrogens with zero attached hydrogens (tertiary/aromatic N) is 1. The number of rotatable bonds is 6. The molecule has 2 rings (SSSR count). The van der Waals surface area contributed by atoms with Crippen LogP contribution in [0.15, 0.2) is 38.2 Å². The fourth-order valence-corrected chi connectivity index (χ4v) is 3.79. The van der Waals surface area contributed by atoms with Gasteiger partial charge in [-0.3, -0.25) is 0 Å². The molecule has 0 bridgehead atoms. The minimum Gasteiger partial charge on any atom is -0.444 e. The summed E-state index contributed by atoms with van der Waals surface area (Å²) in [5, 5.41) is 9.03. The average molecular weight is 375 g/mol. The highest BCUT2D eigenvalue weighted by Crippen LogP contribution is 2.23. The molecule has 0 fully saturated rings. The van der Waals surface area contributed by atoms with Crippen molar-refractivity contribution >= 4 is 26.0 Å². The second-order valence-electron chi connectivity index (χ2n) is 4.32. The summed E-state index contributed by atoms with van der Waals surface area (Å²) in [6.07, 6.45) is 2.28. The van der Waals surface area contributed by atoms with Crippen molar-refractivity contribution in [3.63, 3.8) is 0 Å². The van der Waals surface area contributed by atoms with Crippen molar-refractivity contribution in [2.45, 2.75) is 31.4 Å². The summed E-state index contributed by atoms with van der Waals surface area (Å²) in [5.74, 6) is 1.02. The Hall–Kier alpha value is -1.22. The molecule has 0 aliphatic rings. The van der Waals surface area contributed by atoms with Crippen molar-refractivity contribution in [3.05, 3.63) is 46.1 Å². The van der Waals surface area contributed by atoms with Crippen molar-refractivity contribution < 1.29 is 17.9 Å². The van der Waals surface area contributed by atoms with Gasteiger partial charge >= 0.3 is 0 Å². The average Bonchev–Trinajstić information content (AvgIpc) is 2.93. The van der Waals surface area contributed by atoms with Crippen LogP contribution in [0.25, 0.3) is 0 Å². The largest absolute Gasteiger partial charge is 0.444 e. The molecule has 2 N–H and O–H groups in total. The van der Waals surface area contributed by atoms with Crippen LogP contribution in [-0.4, -0.2) is 18.5 Å². The van der Waals surface area contributed by atoms with E-state index in [1.807, 2.05) is 6.92 Å². The van der Waals surface area contributed by atoms with Crippen LogP contribution in [0, 0.1) is 0 Å². The lowest BCUT2D eigenvalue weighted by molar-refractivity contribution is 0.281. The molecular weight excluding hydrogens is 360 g/mol. The van der Waals surface area contributed by atoms with Gasteiger partial charge in [0.15, 0.2) is 0 Å². The van der Waals surface area contributed by atoms with Crippen LogP contribution in [-0.2, 0) is 29.6 Å². The van der Waals surface area contributed by atoms with Gasteiger partial charge in [-0.1, -0.05) is 13.0 Å². The molecule has 0 radical (unpaired) electrons. The van der Waals surface area contributed by atoms with E-state index in [2.05, 4.69) is 25.6 Å². The quantitative estimate of drug-likeness (QED) is 0.806. The lowest BCUT2D eigenvalue weighted by Crippen LogP contribution is -2.23. The third-order valence-corrected chi connectivity index (χ3v) is 5.21. The highest BCUT2D eigenvalue weighted by molar-refractivity contribution is 9.10. The van der Waals surface area contributed by atoms with Gasteiger partial charge in [0.25, 0.3) is 0 Å². The molecule has 114 valence electrons. The Morgan fingerprint density at radius 1 is 1.43 bits per heavy atom. The van der Waals surface area contributed by atoms with Crippen LogP contribution in [0.5, 0.6) is 0 Å². The summed E-state index contributed by atoms with van der Waals surface area (Å²) in [5.41, 5.74) is 0.626. The monoisotopic (exact) mass is 374 g/mol. The summed E-state index contributed by atoms with van der Waals surface area (Å²) in [7, 11) is -3.69. The van der Waals surface area contributed by atoms with Gasteiger partial charge < -0.3 is 9.52 Å². The van der Waals surface area contributed by atoms with E-state index in [9.17, 15) is 8.42 Å². The number of nitrogens with one attached hydrogen (secondary N) is 1. The zero-order chi connectivity index (χ0) is 15.5. The number of hydrogen-bond donors (Lipinski definition) is 2. The van der Waals surface area contributed by atoms with Crippen molar-refractivity contribution in [1.29, 1.82) is 0 Å². The van der Waals surface area contributed by atoms with Gasteiger partial charge in [-0.05, 0) is 33.6 Å². The van der Waals surface area contributed by atoms with Gasteiger partial charge in [-0.2, -0.15) is 0 Å². The van der Waals surface area contributed by atoms with Crippen LogP contribution in [0.1, 0.15) is 24.1 Å². The van der Waals surface area contributed by atoms with Gasteiger partial charge in [0.2, 0.25) is 15.9 Å². The van der Waals surface area contributed by atoms with Crippen molar-refractivity contribution in [2.24, 2.45) is 0 Å². The molecule has 0 atom stereocenters. The fraction of sp³-hybridized carbons (Fsp3) is 0.308. The highest BCUT2D eigenvalue weighted by atomic mass is 79.9. The Morgan fingerprint density at radius 2 is 2.19 bits per heavy atom. The minimum atomic E-state index is -3.69. The Kier molecular flexibility index (Phi) is 5.15. The normalized spacial score (nSPS) is 11.8. The predicted molar refractivity (Wildman–Crippen MR) is 80.0 cm³/mol. The maximum atomic E-state index is 12.2. The first kappa shape index (κ1) is 16.2. The number of oxazole rings is 1. The second-order valence-corrected chi connectivity index (χ2v) is 6.91. The molecule has 1 aromatic carbocycles. The third kappa shape index (κ3) is 3.91. The zero-order valence-electron chi connectivity index (χ0n) is 11.3. The van der Waals surface area contributed by atoms with E-state index in [0.717, 1.165) is 0 Å². The van der Waals surface area contributed by atoms with Gasteiger partial charge in [0.05, 0.1) is 24.2 Å². The predicted octanol–water partition coefficient (Wildman–Crippen LogP) is 1.97. The standard InChI is InChI=1S/C13H15BrN2O4S/c1-2-10-6-15-13(20-10)7-16-21(18,19)12-4-3-9(8-17)5-11(12)14/h3-6,16-17H,2,7-8H2,1H3. The smallest absolute Gasteiger partial charge is 0.242 e. The molecule has 0 saturated heterocycles. The van der Waals surface area contributed by atoms with Gasteiger partial charge in [0, 0.05) is 10.9 Å². The van der Waals surface area contributed by atoms with E-state index < -0.39 is 10.0 Å². The van der Waals surface area contributed by atoms with Crippen molar-refractivity contribution in [2.75, 3.05) is 0 Å². The van der Waals surface area contributed by atoms with Gasteiger partial charge in [-0.25, -0.2) is 18.1 Å². The SMILES string of the molecule is CCc1cnc(CNS(=O)(=O)c2ccc(CO)cc2Br)o1. The number of hydrogen-bond acceptors (Lipinski definition) is 5. The fourth-order valence-electron chi connectivity index (χ4n) is 1.69. The molecule has 0 spiro atoms. The van der Waals surface area contributed by atoms with Gasteiger partial charge in [0.1, 0.15) is 5.76 Å². The molecule has 1 heterocycles. The third-order valence-electron chi connectivity index (χ3n) is 2.83. The number of aliphatic hydroxyl groups is 1. The number of sulfonamides is 1. The Morgan fingerprint density at radius 3 is 2.76 bits per heavy atom. The molecule has 8 heteroatoms.